The fourth-order valence-electron chi connectivity index (χ4n) is 2.58. The average Bonchev–Trinajstić information content (AvgIpc) is 2.80. The van der Waals surface area contributed by atoms with Gasteiger partial charge in [0.1, 0.15) is 0 Å². The number of para-hydroxylation sites is 1. The largest absolute Gasteiger partial charge is 0.360 e. The highest BCUT2D eigenvalue weighted by atomic mass is 16.2. The van der Waals surface area contributed by atoms with E-state index >= 15 is 0 Å². The van der Waals surface area contributed by atoms with Gasteiger partial charge in [0.15, 0.2) is 0 Å². The Hall–Kier alpha value is -2.30. The van der Waals surface area contributed by atoms with E-state index in [0.717, 1.165) is 10.9 Å². The molecule has 1 aromatic carbocycles. The van der Waals surface area contributed by atoms with Gasteiger partial charge in [-0.1, -0.05) is 18.2 Å². The highest BCUT2D eigenvalue weighted by molar-refractivity contribution is 6.07. The first-order valence-electron chi connectivity index (χ1n) is 6.64. The summed E-state index contributed by atoms with van der Waals surface area (Å²) in [6.45, 7) is 1.02. The van der Waals surface area contributed by atoms with Crippen LogP contribution in [0.4, 0.5) is 0 Å². The Morgan fingerprint density at radius 1 is 1.25 bits per heavy atom. The van der Waals surface area contributed by atoms with Gasteiger partial charge in [-0.2, -0.15) is 0 Å². The number of rotatable bonds is 2. The third kappa shape index (κ3) is 1.95. The van der Waals surface area contributed by atoms with Gasteiger partial charge in [0.25, 0.3) is 5.91 Å². The number of H-pyrrole nitrogens is 1. The maximum Gasteiger partial charge on any atom is 0.256 e. The second-order valence-corrected chi connectivity index (χ2v) is 5.39. The summed E-state index contributed by atoms with van der Waals surface area (Å²) in [6.07, 6.45) is 1.74. The molecule has 5 nitrogen and oxygen atoms in total. The summed E-state index contributed by atoms with van der Waals surface area (Å²) in [4.78, 5) is 30.6. The van der Waals surface area contributed by atoms with Crippen molar-refractivity contribution in [2.75, 3.05) is 27.2 Å². The zero-order valence-electron chi connectivity index (χ0n) is 11.6. The number of fused-ring (bicyclic) bond motifs is 1. The molecule has 3 rings (SSSR count). The van der Waals surface area contributed by atoms with Crippen molar-refractivity contribution in [3.05, 3.63) is 36.0 Å². The van der Waals surface area contributed by atoms with E-state index in [0.29, 0.717) is 18.7 Å². The zero-order valence-corrected chi connectivity index (χ0v) is 11.6. The van der Waals surface area contributed by atoms with Crippen LogP contribution in [0.25, 0.3) is 10.9 Å². The molecule has 2 heterocycles. The Kier molecular flexibility index (Phi) is 2.97. The predicted octanol–water partition coefficient (Wildman–Crippen LogP) is 1.33. The van der Waals surface area contributed by atoms with Crippen LogP contribution in [0.2, 0.25) is 0 Å². The van der Waals surface area contributed by atoms with Crippen LogP contribution in [0, 0.1) is 5.92 Å². The molecule has 0 unspecified atom stereocenters. The van der Waals surface area contributed by atoms with Gasteiger partial charge in [0.05, 0.1) is 11.5 Å². The molecule has 0 atom stereocenters. The fourth-order valence-corrected chi connectivity index (χ4v) is 2.58. The van der Waals surface area contributed by atoms with Crippen LogP contribution < -0.4 is 0 Å². The van der Waals surface area contributed by atoms with Gasteiger partial charge in [0.2, 0.25) is 5.91 Å². The molecule has 0 spiro atoms. The molecule has 1 aliphatic heterocycles. The van der Waals surface area contributed by atoms with Crippen LogP contribution in [0.15, 0.2) is 30.5 Å². The fraction of sp³-hybridized carbons (Fsp3) is 0.333. The van der Waals surface area contributed by atoms with Crippen molar-refractivity contribution in [1.82, 2.24) is 14.8 Å². The zero-order chi connectivity index (χ0) is 14.3. The van der Waals surface area contributed by atoms with Gasteiger partial charge in [-0.25, -0.2) is 0 Å². The summed E-state index contributed by atoms with van der Waals surface area (Å²) in [6, 6.07) is 7.73. The van der Waals surface area contributed by atoms with E-state index in [1.54, 1.807) is 30.1 Å². The van der Waals surface area contributed by atoms with E-state index in [-0.39, 0.29) is 17.7 Å². The van der Waals surface area contributed by atoms with Crippen LogP contribution in [0.1, 0.15) is 10.4 Å². The number of amides is 2. The van der Waals surface area contributed by atoms with E-state index in [1.165, 1.54) is 0 Å². The number of aromatic nitrogens is 1. The first-order chi connectivity index (χ1) is 9.58. The third-order valence-electron chi connectivity index (χ3n) is 3.78. The molecule has 1 aliphatic rings. The van der Waals surface area contributed by atoms with Crippen LogP contribution in [0.5, 0.6) is 0 Å². The number of hydrogen-bond donors (Lipinski definition) is 1. The summed E-state index contributed by atoms with van der Waals surface area (Å²) in [5, 5.41) is 0.930. The lowest BCUT2D eigenvalue weighted by molar-refractivity contribution is -0.137. The van der Waals surface area contributed by atoms with E-state index in [2.05, 4.69) is 4.98 Å². The Morgan fingerprint density at radius 2 is 1.95 bits per heavy atom. The second kappa shape index (κ2) is 4.67. The molecule has 0 aliphatic carbocycles. The molecule has 20 heavy (non-hydrogen) atoms. The number of carbonyl (C=O) groups is 2. The number of carbonyl (C=O) groups excluding carboxylic acids is 2. The number of nitrogens with zero attached hydrogens (tertiary/aromatic N) is 2. The molecule has 0 bridgehead atoms. The summed E-state index contributed by atoms with van der Waals surface area (Å²) >= 11 is 0. The lowest BCUT2D eigenvalue weighted by atomic mass is 9.97. The minimum Gasteiger partial charge on any atom is -0.360 e. The van der Waals surface area contributed by atoms with Gasteiger partial charge >= 0.3 is 0 Å². The standard InChI is InChI=1S/C15H17N3O2/c1-17(2)14(19)10-8-18(9-10)15(20)12-7-16-13-6-4-3-5-11(12)13/h3-7,10,16H,8-9H2,1-2H3. The molecule has 1 aromatic heterocycles. The Morgan fingerprint density at radius 3 is 2.65 bits per heavy atom. The maximum absolute atomic E-state index is 12.4. The molecule has 1 saturated heterocycles. The smallest absolute Gasteiger partial charge is 0.256 e. The topological polar surface area (TPSA) is 56.4 Å². The molecule has 0 saturated carbocycles. The van der Waals surface area contributed by atoms with Crippen molar-refractivity contribution in [3.8, 4) is 0 Å². The van der Waals surface area contributed by atoms with Crippen molar-refractivity contribution in [1.29, 1.82) is 0 Å². The molecule has 1 N–H and O–H groups in total. The maximum atomic E-state index is 12.4. The molecule has 0 radical (unpaired) electrons. The molecule has 104 valence electrons. The summed E-state index contributed by atoms with van der Waals surface area (Å²) in [5.41, 5.74) is 1.63. The van der Waals surface area contributed by atoms with Crippen LogP contribution in [-0.4, -0.2) is 53.8 Å². The number of benzene rings is 1. The minimum absolute atomic E-state index is 0.00902. The van der Waals surface area contributed by atoms with Crippen LogP contribution in [-0.2, 0) is 4.79 Å². The van der Waals surface area contributed by atoms with Gasteiger partial charge in [-0.05, 0) is 6.07 Å². The first-order valence-corrected chi connectivity index (χ1v) is 6.64. The quantitative estimate of drug-likeness (QED) is 0.896. The second-order valence-electron chi connectivity index (χ2n) is 5.39. The highest BCUT2D eigenvalue weighted by Gasteiger charge is 2.37. The number of likely N-dealkylation sites (tertiary alicyclic amines) is 1. The molecular weight excluding hydrogens is 254 g/mol. The molecule has 1 fully saturated rings. The third-order valence-corrected chi connectivity index (χ3v) is 3.78. The molecular formula is C15H17N3O2. The normalized spacial score (nSPS) is 15.2. The van der Waals surface area contributed by atoms with Crippen molar-refractivity contribution in [2.45, 2.75) is 0 Å². The Bertz CT molecular complexity index is 669. The van der Waals surface area contributed by atoms with Gasteiger partial charge in [-0.15, -0.1) is 0 Å². The van der Waals surface area contributed by atoms with Crippen molar-refractivity contribution >= 4 is 22.7 Å². The number of nitrogens with one attached hydrogen (secondary N) is 1. The van der Waals surface area contributed by atoms with E-state index in [9.17, 15) is 9.59 Å². The predicted molar refractivity (Wildman–Crippen MR) is 76.4 cm³/mol. The lowest BCUT2D eigenvalue weighted by Crippen LogP contribution is -2.55. The Labute approximate surface area is 117 Å². The lowest BCUT2D eigenvalue weighted by Gasteiger charge is -2.39. The summed E-state index contributed by atoms with van der Waals surface area (Å²) in [7, 11) is 3.49. The number of hydrogen-bond acceptors (Lipinski definition) is 2. The van der Waals surface area contributed by atoms with Gasteiger partial charge in [0, 0.05) is 44.3 Å². The summed E-state index contributed by atoms with van der Waals surface area (Å²) < 4.78 is 0. The van der Waals surface area contributed by atoms with E-state index in [1.807, 2.05) is 24.3 Å². The first kappa shape index (κ1) is 12.7. The monoisotopic (exact) mass is 271 g/mol. The van der Waals surface area contributed by atoms with E-state index in [4.69, 9.17) is 0 Å². The van der Waals surface area contributed by atoms with E-state index < -0.39 is 0 Å². The van der Waals surface area contributed by atoms with Gasteiger partial charge < -0.3 is 14.8 Å². The highest BCUT2D eigenvalue weighted by Crippen LogP contribution is 2.24. The Balaban J connectivity index is 1.74. The molecule has 2 aromatic rings. The minimum atomic E-state index is -0.0563. The van der Waals surface area contributed by atoms with Crippen molar-refractivity contribution in [3.63, 3.8) is 0 Å². The van der Waals surface area contributed by atoms with Crippen molar-refractivity contribution < 1.29 is 9.59 Å². The average molecular weight is 271 g/mol. The van der Waals surface area contributed by atoms with Gasteiger partial charge in [-0.3, -0.25) is 9.59 Å². The summed E-state index contributed by atoms with van der Waals surface area (Å²) in [5.74, 6) is 0.0254. The number of aromatic amines is 1. The van der Waals surface area contributed by atoms with Crippen molar-refractivity contribution in [2.24, 2.45) is 5.92 Å². The SMILES string of the molecule is CN(C)C(=O)C1CN(C(=O)c2c[nH]c3ccccc23)C1. The van der Waals surface area contributed by atoms with Crippen LogP contribution >= 0.6 is 0 Å². The molecule has 2 amide bonds. The van der Waals surface area contributed by atoms with Crippen LogP contribution in [0.3, 0.4) is 0 Å². The molecule has 5 heteroatoms.